The molecule has 2 aromatic rings. The number of anilines is 1. The van der Waals surface area contributed by atoms with Crippen LogP contribution in [0.5, 0.6) is 0 Å². The maximum atomic E-state index is 13.5. The molecule has 4 nitrogen and oxygen atoms in total. The van der Waals surface area contributed by atoms with Gasteiger partial charge in [0.15, 0.2) is 0 Å². The zero-order valence-electron chi connectivity index (χ0n) is 10.4. The Labute approximate surface area is 105 Å². The zero-order valence-corrected chi connectivity index (χ0v) is 10.4. The van der Waals surface area contributed by atoms with E-state index >= 15 is 0 Å². The number of hydrogen-bond acceptors (Lipinski definition) is 3. The molecule has 18 heavy (non-hydrogen) atoms. The highest BCUT2D eigenvalue weighted by Gasteiger charge is 2.16. The smallest absolute Gasteiger partial charge is 0.146 e. The van der Waals surface area contributed by atoms with Crippen molar-refractivity contribution in [1.82, 2.24) is 9.78 Å². The summed E-state index contributed by atoms with van der Waals surface area (Å²) in [5.74, 6) is -0.336. The Balaban J connectivity index is 2.25. The molecule has 2 rings (SSSR count). The fourth-order valence-corrected chi connectivity index (χ4v) is 1.85. The lowest BCUT2D eigenvalue weighted by Gasteiger charge is -2.17. The molecule has 0 aliphatic carbocycles. The van der Waals surface area contributed by atoms with Gasteiger partial charge in [0.1, 0.15) is 5.82 Å². The summed E-state index contributed by atoms with van der Waals surface area (Å²) < 4.78 is 15.3. The number of hydrogen-bond donors (Lipinski definition) is 2. The average Bonchev–Trinajstić information content (AvgIpc) is 2.70. The van der Waals surface area contributed by atoms with Crippen LogP contribution in [-0.4, -0.2) is 21.5 Å². The van der Waals surface area contributed by atoms with Crippen molar-refractivity contribution < 1.29 is 9.50 Å². The first-order valence-electron chi connectivity index (χ1n) is 5.74. The van der Waals surface area contributed by atoms with Crippen LogP contribution in [-0.2, 0) is 7.05 Å². The number of halogens is 1. The molecule has 0 saturated heterocycles. The molecular weight excluding hydrogens is 233 g/mol. The molecule has 0 saturated carbocycles. The van der Waals surface area contributed by atoms with Gasteiger partial charge in [-0.1, -0.05) is 12.1 Å². The van der Waals surface area contributed by atoms with Gasteiger partial charge < -0.3 is 10.4 Å². The largest absolute Gasteiger partial charge is 0.394 e. The van der Waals surface area contributed by atoms with E-state index in [2.05, 4.69) is 10.4 Å². The summed E-state index contributed by atoms with van der Waals surface area (Å²) >= 11 is 0. The van der Waals surface area contributed by atoms with E-state index in [0.29, 0.717) is 5.69 Å². The van der Waals surface area contributed by atoms with Crippen LogP contribution in [0.4, 0.5) is 10.1 Å². The van der Waals surface area contributed by atoms with Gasteiger partial charge in [-0.15, -0.1) is 0 Å². The van der Waals surface area contributed by atoms with Crippen LogP contribution >= 0.6 is 0 Å². The summed E-state index contributed by atoms with van der Waals surface area (Å²) in [5, 5.41) is 16.6. The Morgan fingerprint density at radius 3 is 2.72 bits per heavy atom. The predicted octanol–water partition coefficient (Wildman–Crippen LogP) is 2.01. The molecule has 0 radical (unpaired) electrons. The molecule has 0 aliphatic rings. The van der Waals surface area contributed by atoms with Gasteiger partial charge in [0, 0.05) is 18.3 Å². The molecule has 2 N–H and O–H groups in total. The number of para-hydroxylation sites is 1. The van der Waals surface area contributed by atoms with Gasteiger partial charge in [0.25, 0.3) is 0 Å². The first-order valence-corrected chi connectivity index (χ1v) is 5.74. The third-order valence-electron chi connectivity index (χ3n) is 3.03. The number of nitrogens with one attached hydrogen (secondary N) is 1. The molecule has 1 aromatic heterocycles. The van der Waals surface area contributed by atoms with Gasteiger partial charge in [-0.2, -0.15) is 5.10 Å². The third kappa shape index (κ3) is 2.36. The molecular formula is C13H16FN3O. The summed E-state index contributed by atoms with van der Waals surface area (Å²) in [6.07, 6.45) is 1.68. The summed E-state index contributed by atoms with van der Waals surface area (Å²) in [6.45, 7) is 1.79. The van der Waals surface area contributed by atoms with Gasteiger partial charge in [-0.25, -0.2) is 4.39 Å². The summed E-state index contributed by atoms with van der Waals surface area (Å²) in [6, 6.07) is 6.03. The zero-order chi connectivity index (χ0) is 13.1. The van der Waals surface area contributed by atoms with Crippen LogP contribution in [0.1, 0.15) is 17.3 Å². The highest BCUT2D eigenvalue weighted by atomic mass is 19.1. The fraction of sp³-hybridized carbons (Fsp3) is 0.308. The number of nitrogens with zero attached hydrogens (tertiary/aromatic N) is 2. The molecule has 0 amide bonds. The van der Waals surface area contributed by atoms with Gasteiger partial charge in [0.05, 0.1) is 24.5 Å². The van der Waals surface area contributed by atoms with Crippen molar-refractivity contribution in [2.24, 2.45) is 7.05 Å². The summed E-state index contributed by atoms with van der Waals surface area (Å²) in [7, 11) is 1.83. The molecule has 0 fully saturated rings. The minimum absolute atomic E-state index is 0.124. The van der Waals surface area contributed by atoms with E-state index in [1.54, 1.807) is 29.1 Å². The highest BCUT2D eigenvalue weighted by Crippen LogP contribution is 2.23. The summed E-state index contributed by atoms with van der Waals surface area (Å²) in [4.78, 5) is 0. The molecule has 0 bridgehead atoms. The van der Waals surface area contributed by atoms with E-state index in [1.165, 1.54) is 6.07 Å². The normalized spacial score (nSPS) is 12.4. The molecule has 1 aromatic carbocycles. The first-order chi connectivity index (χ1) is 8.63. The minimum Gasteiger partial charge on any atom is -0.394 e. The fourth-order valence-electron chi connectivity index (χ4n) is 1.85. The average molecular weight is 249 g/mol. The standard InChI is InChI=1S/C13H16FN3O/c1-9-10(7-15-17(9)2)13(8-18)16-12-6-4-3-5-11(12)14/h3-7,13,16,18H,8H2,1-2H3. The molecule has 96 valence electrons. The number of rotatable bonds is 4. The van der Waals surface area contributed by atoms with E-state index in [4.69, 9.17) is 0 Å². The second-order valence-electron chi connectivity index (χ2n) is 4.17. The predicted molar refractivity (Wildman–Crippen MR) is 67.8 cm³/mol. The van der Waals surface area contributed by atoms with Crippen LogP contribution in [0.15, 0.2) is 30.5 Å². The van der Waals surface area contributed by atoms with Crippen molar-refractivity contribution in [3.05, 3.63) is 47.5 Å². The lowest BCUT2D eigenvalue weighted by molar-refractivity contribution is 0.275. The lowest BCUT2D eigenvalue weighted by Crippen LogP contribution is -2.16. The van der Waals surface area contributed by atoms with Gasteiger partial charge in [-0.3, -0.25) is 4.68 Å². The Kier molecular flexibility index (Phi) is 3.62. The van der Waals surface area contributed by atoms with E-state index in [0.717, 1.165) is 11.3 Å². The Morgan fingerprint density at radius 2 is 2.17 bits per heavy atom. The lowest BCUT2D eigenvalue weighted by atomic mass is 10.1. The molecule has 0 spiro atoms. The van der Waals surface area contributed by atoms with Crippen LogP contribution in [0.25, 0.3) is 0 Å². The number of aromatic nitrogens is 2. The summed E-state index contributed by atoms with van der Waals surface area (Å²) in [5.41, 5.74) is 2.18. The van der Waals surface area contributed by atoms with E-state index < -0.39 is 0 Å². The third-order valence-corrected chi connectivity index (χ3v) is 3.03. The van der Waals surface area contributed by atoms with Crippen LogP contribution in [0, 0.1) is 12.7 Å². The Morgan fingerprint density at radius 1 is 1.44 bits per heavy atom. The first kappa shape index (κ1) is 12.6. The second-order valence-corrected chi connectivity index (χ2v) is 4.17. The van der Waals surface area contributed by atoms with Gasteiger partial charge >= 0.3 is 0 Å². The Bertz CT molecular complexity index is 539. The van der Waals surface area contributed by atoms with Crippen molar-refractivity contribution >= 4 is 5.69 Å². The monoisotopic (exact) mass is 249 g/mol. The quantitative estimate of drug-likeness (QED) is 0.871. The molecule has 1 atom stereocenters. The maximum absolute atomic E-state index is 13.5. The number of aliphatic hydroxyl groups excluding tert-OH is 1. The number of aryl methyl sites for hydroxylation is 1. The van der Waals surface area contributed by atoms with Crippen molar-refractivity contribution in [2.75, 3.05) is 11.9 Å². The van der Waals surface area contributed by atoms with E-state index in [-0.39, 0.29) is 18.5 Å². The van der Waals surface area contributed by atoms with E-state index in [9.17, 15) is 9.50 Å². The van der Waals surface area contributed by atoms with Crippen LogP contribution in [0.2, 0.25) is 0 Å². The van der Waals surface area contributed by atoms with Crippen molar-refractivity contribution in [3.8, 4) is 0 Å². The Hall–Kier alpha value is -1.88. The SMILES string of the molecule is Cc1c(C(CO)Nc2ccccc2F)cnn1C. The molecule has 0 aliphatic heterocycles. The number of benzene rings is 1. The highest BCUT2D eigenvalue weighted by molar-refractivity contribution is 5.47. The van der Waals surface area contributed by atoms with E-state index in [1.807, 2.05) is 14.0 Å². The molecule has 1 unspecified atom stereocenters. The minimum atomic E-state index is -0.365. The van der Waals surface area contributed by atoms with Gasteiger partial charge in [-0.05, 0) is 19.1 Å². The van der Waals surface area contributed by atoms with Crippen LogP contribution in [0.3, 0.4) is 0 Å². The number of aliphatic hydroxyl groups is 1. The van der Waals surface area contributed by atoms with Crippen LogP contribution < -0.4 is 5.32 Å². The van der Waals surface area contributed by atoms with Crippen molar-refractivity contribution in [1.29, 1.82) is 0 Å². The topological polar surface area (TPSA) is 50.1 Å². The maximum Gasteiger partial charge on any atom is 0.146 e. The van der Waals surface area contributed by atoms with Crippen molar-refractivity contribution in [2.45, 2.75) is 13.0 Å². The van der Waals surface area contributed by atoms with Gasteiger partial charge in [0.2, 0.25) is 0 Å². The van der Waals surface area contributed by atoms with Crippen molar-refractivity contribution in [3.63, 3.8) is 0 Å². The second kappa shape index (κ2) is 5.18. The molecule has 5 heteroatoms. The molecule has 1 heterocycles.